The highest BCUT2D eigenvalue weighted by molar-refractivity contribution is 7.71. The highest BCUT2D eigenvalue weighted by atomic mass is 32.1. The Morgan fingerprint density at radius 1 is 1.11 bits per heavy atom. The van der Waals surface area contributed by atoms with Gasteiger partial charge in [-0.1, -0.05) is 54.6 Å². The van der Waals surface area contributed by atoms with Gasteiger partial charge < -0.3 is 4.74 Å². The SMILES string of the molecule is CCOc1cccc(-c2n[nH]c(=S)n2/N=C/c2cccc3ccccc23)c1. The molecular weight excluding hydrogens is 356 g/mol. The summed E-state index contributed by atoms with van der Waals surface area (Å²) in [7, 11) is 0. The number of aromatic nitrogens is 3. The molecule has 1 heterocycles. The van der Waals surface area contributed by atoms with Crippen LogP contribution in [0.15, 0.2) is 71.8 Å². The molecule has 0 unspecified atom stereocenters. The first kappa shape index (κ1) is 17.2. The van der Waals surface area contributed by atoms with Crippen molar-refractivity contribution in [1.82, 2.24) is 14.9 Å². The zero-order valence-electron chi connectivity index (χ0n) is 14.8. The summed E-state index contributed by atoms with van der Waals surface area (Å²) in [6.07, 6.45) is 1.81. The number of fused-ring (bicyclic) bond motifs is 1. The molecule has 0 radical (unpaired) electrons. The van der Waals surface area contributed by atoms with Gasteiger partial charge in [-0.05, 0) is 42.0 Å². The van der Waals surface area contributed by atoms with Crippen LogP contribution in [0, 0.1) is 4.77 Å². The highest BCUT2D eigenvalue weighted by Gasteiger charge is 2.09. The summed E-state index contributed by atoms with van der Waals surface area (Å²) in [6, 6.07) is 22.1. The maximum Gasteiger partial charge on any atom is 0.216 e. The average molecular weight is 374 g/mol. The third-order valence-electron chi connectivity index (χ3n) is 4.19. The van der Waals surface area contributed by atoms with Crippen molar-refractivity contribution in [2.45, 2.75) is 6.92 Å². The number of hydrogen-bond acceptors (Lipinski definition) is 4. The highest BCUT2D eigenvalue weighted by Crippen LogP contribution is 2.23. The molecule has 0 aliphatic rings. The zero-order valence-corrected chi connectivity index (χ0v) is 15.6. The van der Waals surface area contributed by atoms with Crippen molar-refractivity contribution in [3.63, 3.8) is 0 Å². The largest absolute Gasteiger partial charge is 0.494 e. The zero-order chi connectivity index (χ0) is 18.6. The van der Waals surface area contributed by atoms with Gasteiger partial charge in [0.05, 0.1) is 12.8 Å². The minimum atomic E-state index is 0.434. The van der Waals surface area contributed by atoms with E-state index < -0.39 is 0 Å². The lowest BCUT2D eigenvalue weighted by Crippen LogP contribution is -1.96. The lowest BCUT2D eigenvalue weighted by molar-refractivity contribution is 0.340. The molecule has 4 aromatic rings. The number of nitrogens with zero attached hydrogens (tertiary/aromatic N) is 3. The molecule has 27 heavy (non-hydrogen) atoms. The van der Waals surface area contributed by atoms with Gasteiger partial charge in [0, 0.05) is 11.1 Å². The summed E-state index contributed by atoms with van der Waals surface area (Å²) in [5.41, 5.74) is 1.90. The molecule has 0 spiro atoms. The Balaban J connectivity index is 1.75. The summed E-state index contributed by atoms with van der Waals surface area (Å²) < 4.78 is 7.64. The van der Waals surface area contributed by atoms with Gasteiger partial charge in [0.15, 0.2) is 5.82 Å². The smallest absolute Gasteiger partial charge is 0.216 e. The maximum absolute atomic E-state index is 5.58. The van der Waals surface area contributed by atoms with Gasteiger partial charge >= 0.3 is 0 Å². The van der Waals surface area contributed by atoms with Crippen LogP contribution in [0.1, 0.15) is 12.5 Å². The van der Waals surface area contributed by atoms with E-state index in [-0.39, 0.29) is 0 Å². The predicted octanol–water partition coefficient (Wildman–Crippen LogP) is 5.04. The van der Waals surface area contributed by atoms with E-state index in [1.807, 2.05) is 61.7 Å². The lowest BCUT2D eigenvalue weighted by atomic mass is 10.1. The first-order valence-corrected chi connectivity index (χ1v) is 9.10. The molecule has 0 atom stereocenters. The van der Waals surface area contributed by atoms with E-state index in [0.717, 1.165) is 22.3 Å². The molecule has 0 aliphatic carbocycles. The fraction of sp³-hybridized carbons (Fsp3) is 0.0952. The average Bonchev–Trinajstić information content (AvgIpc) is 3.07. The van der Waals surface area contributed by atoms with Crippen molar-refractivity contribution >= 4 is 29.2 Å². The van der Waals surface area contributed by atoms with Crippen LogP contribution in [0.3, 0.4) is 0 Å². The van der Waals surface area contributed by atoms with Crippen LogP contribution in [-0.2, 0) is 0 Å². The lowest BCUT2D eigenvalue weighted by Gasteiger charge is -2.06. The Kier molecular flexibility index (Phi) is 4.80. The Morgan fingerprint density at radius 3 is 2.81 bits per heavy atom. The molecule has 3 aromatic carbocycles. The number of ether oxygens (including phenoxy) is 1. The summed E-state index contributed by atoms with van der Waals surface area (Å²) >= 11 is 5.37. The second-order valence-corrected chi connectivity index (χ2v) is 6.32. The minimum absolute atomic E-state index is 0.434. The van der Waals surface area contributed by atoms with Gasteiger partial charge in [-0.25, -0.2) is 5.10 Å². The molecule has 134 valence electrons. The normalized spacial score (nSPS) is 11.3. The molecule has 4 rings (SSSR count). The Labute approximate surface area is 161 Å². The van der Waals surface area contributed by atoms with Crippen LogP contribution in [-0.4, -0.2) is 27.7 Å². The second kappa shape index (κ2) is 7.55. The number of hydrogen-bond donors (Lipinski definition) is 1. The van der Waals surface area contributed by atoms with Crippen LogP contribution in [0.5, 0.6) is 5.75 Å². The third kappa shape index (κ3) is 3.52. The predicted molar refractivity (Wildman–Crippen MR) is 111 cm³/mol. The molecule has 1 aromatic heterocycles. The third-order valence-corrected chi connectivity index (χ3v) is 4.45. The van der Waals surface area contributed by atoms with Crippen molar-refractivity contribution in [2.24, 2.45) is 5.10 Å². The van der Waals surface area contributed by atoms with Crippen LogP contribution in [0.2, 0.25) is 0 Å². The van der Waals surface area contributed by atoms with Crippen LogP contribution in [0.25, 0.3) is 22.2 Å². The van der Waals surface area contributed by atoms with Gasteiger partial charge in [0.1, 0.15) is 5.75 Å². The number of H-pyrrole nitrogens is 1. The van der Waals surface area contributed by atoms with Gasteiger partial charge in [0.25, 0.3) is 0 Å². The molecule has 0 bridgehead atoms. The van der Waals surface area contributed by atoms with Crippen LogP contribution < -0.4 is 4.74 Å². The van der Waals surface area contributed by atoms with Crippen molar-refractivity contribution in [3.05, 3.63) is 77.1 Å². The number of nitrogens with one attached hydrogen (secondary N) is 1. The van der Waals surface area contributed by atoms with E-state index in [2.05, 4.69) is 33.5 Å². The Bertz CT molecular complexity index is 1170. The van der Waals surface area contributed by atoms with E-state index in [1.54, 1.807) is 4.68 Å². The topological polar surface area (TPSA) is 55.2 Å². The fourth-order valence-electron chi connectivity index (χ4n) is 2.96. The standard InChI is InChI=1S/C21H18N4OS/c1-2-26-18-11-6-9-16(13-18)20-23-24-21(27)25(20)22-14-17-10-5-8-15-7-3-4-12-19(15)17/h3-14H,2H2,1H3,(H,24,27)/b22-14+. The van der Waals surface area contributed by atoms with Crippen molar-refractivity contribution < 1.29 is 4.74 Å². The maximum atomic E-state index is 5.58. The first-order valence-electron chi connectivity index (χ1n) is 8.69. The van der Waals surface area contributed by atoms with E-state index in [9.17, 15) is 0 Å². The second-order valence-electron chi connectivity index (χ2n) is 5.94. The van der Waals surface area contributed by atoms with Gasteiger partial charge in [-0.3, -0.25) is 0 Å². The van der Waals surface area contributed by atoms with E-state index in [4.69, 9.17) is 17.0 Å². The molecule has 0 saturated carbocycles. The summed E-state index contributed by atoms with van der Waals surface area (Å²) in [5, 5.41) is 14.1. The van der Waals surface area contributed by atoms with Crippen LogP contribution in [0.4, 0.5) is 0 Å². The molecule has 0 fully saturated rings. The quantitative estimate of drug-likeness (QED) is 0.393. The molecule has 0 saturated heterocycles. The number of rotatable bonds is 5. The van der Waals surface area contributed by atoms with E-state index in [0.29, 0.717) is 17.2 Å². The first-order chi connectivity index (χ1) is 13.3. The van der Waals surface area contributed by atoms with Gasteiger partial charge in [-0.2, -0.15) is 14.9 Å². The van der Waals surface area contributed by atoms with Crippen molar-refractivity contribution in [1.29, 1.82) is 0 Å². The van der Waals surface area contributed by atoms with Crippen molar-refractivity contribution in [3.8, 4) is 17.1 Å². The minimum Gasteiger partial charge on any atom is -0.494 e. The summed E-state index contributed by atoms with van der Waals surface area (Å²) in [5.74, 6) is 1.42. The summed E-state index contributed by atoms with van der Waals surface area (Å²) in [4.78, 5) is 0. The summed E-state index contributed by atoms with van der Waals surface area (Å²) in [6.45, 7) is 2.56. The Hall–Kier alpha value is -3.25. The van der Waals surface area contributed by atoms with Gasteiger partial charge in [-0.15, -0.1) is 0 Å². The molecule has 0 amide bonds. The molecule has 6 heteroatoms. The fourth-order valence-corrected chi connectivity index (χ4v) is 3.14. The molecular formula is C21H18N4OS. The molecule has 0 aliphatic heterocycles. The van der Waals surface area contributed by atoms with Gasteiger partial charge in [0.2, 0.25) is 4.77 Å². The van der Waals surface area contributed by atoms with E-state index >= 15 is 0 Å². The Morgan fingerprint density at radius 2 is 1.93 bits per heavy atom. The molecule has 5 nitrogen and oxygen atoms in total. The van der Waals surface area contributed by atoms with E-state index in [1.165, 1.54) is 5.39 Å². The van der Waals surface area contributed by atoms with Crippen LogP contribution >= 0.6 is 12.2 Å². The molecule has 1 N–H and O–H groups in total. The van der Waals surface area contributed by atoms with Crippen molar-refractivity contribution in [2.75, 3.05) is 6.61 Å². The number of benzene rings is 3. The number of aromatic amines is 1. The monoisotopic (exact) mass is 374 g/mol.